The van der Waals surface area contributed by atoms with Crippen LogP contribution < -0.4 is 4.90 Å². The number of benzene rings is 1. The Bertz CT molecular complexity index is 568. The van der Waals surface area contributed by atoms with Crippen molar-refractivity contribution in [1.82, 2.24) is 4.98 Å². The van der Waals surface area contributed by atoms with Crippen molar-refractivity contribution in [3.8, 4) is 0 Å². The summed E-state index contributed by atoms with van der Waals surface area (Å²) in [7, 11) is 0. The highest BCUT2D eigenvalue weighted by molar-refractivity contribution is 5.82. The van der Waals surface area contributed by atoms with Gasteiger partial charge >= 0.3 is 0 Å². The van der Waals surface area contributed by atoms with Gasteiger partial charge in [0.1, 0.15) is 0 Å². The molecule has 2 aromatic rings. The van der Waals surface area contributed by atoms with E-state index in [4.69, 9.17) is 0 Å². The Balaban J connectivity index is 1.85. The van der Waals surface area contributed by atoms with Crippen LogP contribution in [0.15, 0.2) is 30.5 Å². The van der Waals surface area contributed by atoms with E-state index in [0.29, 0.717) is 0 Å². The van der Waals surface area contributed by atoms with Gasteiger partial charge in [-0.3, -0.25) is 4.98 Å². The number of pyridine rings is 1. The monoisotopic (exact) mass is 254 g/mol. The summed E-state index contributed by atoms with van der Waals surface area (Å²) < 4.78 is 0. The molecular weight excluding hydrogens is 232 g/mol. The first-order chi connectivity index (χ1) is 9.26. The van der Waals surface area contributed by atoms with Crippen LogP contribution in [0.2, 0.25) is 0 Å². The van der Waals surface area contributed by atoms with Gasteiger partial charge in [0, 0.05) is 18.5 Å². The van der Waals surface area contributed by atoms with Crippen LogP contribution in [0.25, 0.3) is 10.9 Å². The van der Waals surface area contributed by atoms with E-state index in [9.17, 15) is 0 Å². The van der Waals surface area contributed by atoms with Crippen molar-refractivity contribution >= 4 is 16.6 Å². The van der Waals surface area contributed by atoms with Crippen molar-refractivity contribution in [2.75, 3.05) is 18.0 Å². The zero-order chi connectivity index (χ0) is 13.2. The van der Waals surface area contributed by atoms with E-state index in [-0.39, 0.29) is 0 Å². The molecule has 0 bridgehead atoms. The van der Waals surface area contributed by atoms with Crippen molar-refractivity contribution in [3.63, 3.8) is 0 Å². The average Bonchev–Trinajstić information content (AvgIpc) is 2.46. The molecule has 3 rings (SSSR count). The van der Waals surface area contributed by atoms with Crippen LogP contribution in [0.4, 0.5) is 5.69 Å². The van der Waals surface area contributed by atoms with Crippen molar-refractivity contribution in [2.24, 2.45) is 5.92 Å². The predicted molar refractivity (Wildman–Crippen MR) is 81.7 cm³/mol. The minimum absolute atomic E-state index is 0.923. The van der Waals surface area contributed by atoms with Crippen LogP contribution >= 0.6 is 0 Å². The Morgan fingerprint density at radius 2 is 2.00 bits per heavy atom. The van der Waals surface area contributed by atoms with E-state index < -0.39 is 0 Å². The molecule has 0 N–H and O–H groups in total. The number of aryl methyl sites for hydroxylation is 1. The third-order valence-electron chi connectivity index (χ3n) is 4.38. The molecule has 19 heavy (non-hydrogen) atoms. The topological polar surface area (TPSA) is 16.1 Å². The average molecular weight is 254 g/mol. The molecule has 1 aromatic heterocycles. The zero-order valence-corrected chi connectivity index (χ0v) is 11.9. The van der Waals surface area contributed by atoms with E-state index in [1.165, 1.54) is 49.0 Å². The van der Waals surface area contributed by atoms with Crippen LogP contribution in [0.3, 0.4) is 0 Å². The first-order valence-electron chi connectivity index (χ1n) is 7.37. The van der Waals surface area contributed by atoms with Crippen molar-refractivity contribution in [2.45, 2.75) is 33.1 Å². The van der Waals surface area contributed by atoms with Crippen molar-refractivity contribution in [1.29, 1.82) is 0 Å². The van der Waals surface area contributed by atoms with Crippen molar-refractivity contribution in [3.05, 3.63) is 36.0 Å². The Morgan fingerprint density at radius 1 is 1.21 bits per heavy atom. The van der Waals surface area contributed by atoms with Crippen LogP contribution in [-0.4, -0.2) is 18.1 Å². The maximum Gasteiger partial charge on any atom is 0.0703 e. The standard InChI is InChI=1S/C17H22N2/c1-3-14-6-8-19(9-7-14)16-11-15-10-13(2)4-5-17(15)18-12-16/h4-5,10-12,14H,3,6-9H2,1-2H3. The predicted octanol–water partition coefficient (Wildman–Crippen LogP) is 4.17. The number of hydrogen-bond donors (Lipinski definition) is 0. The second-order valence-electron chi connectivity index (χ2n) is 5.73. The number of anilines is 1. The Morgan fingerprint density at radius 3 is 2.74 bits per heavy atom. The third-order valence-corrected chi connectivity index (χ3v) is 4.38. The molecule has 0 saturated carbocycles. The van der Waals surface area contributed by atoms with Crippen LogP contribution in [0, 0.1) is 12.8 Å². The highest BCUT2D eigenvalue weighted by atomic mass is 15.1. The van der Waals surface area contributed by atoms with E-state index >= 15 is 0 Å². The zero-order valence-electron chi connectivity index (χ0n) is 11.9. The summed E-state index contributed by atoms with van der Waals surface area (Å²) in [5.74, 6) is 0.923. The molecule has 0 atom stereocenters. The molecule has 2 heterocycles. The molecule has 0 unspecified atom stereocenters. The first-order valence-corrected chi connectivity index (χ1v) is 7.37. The van der Waals surface area contributed by atoms with Crippen LogP contribution in [0.1, 0.15) is 31.7 Å². The quantitative estimate of drug-likeness (QED) is 0.799. The molecule has 0 radical (unpaired) electrons. The molecule has 2 nitrogen and oxygen atoms in total. The van der Waals surface area contributed by atoms with E-state index in [1.54, 1.807) is 0 Å². The largest absolute Gasteiger partial charge is 0.370 e. The van der Waals surface area contributed by atoms with Gasteiger partial charge in [-0.15, -0.1) is 0 Å². The highest BCUT2D eigenvalue weighted by Gasteiger charge is 2.18. The summed E-state index contributed by atoms with van der Waals surface area (Å²) in [5, 5.41) is 1.26. The maximum absolute atomic E-state index is 4.59. The minimum Gasteiger partial charge on any atom is -0.370 e. The summed E-state index contributed by atoms with van der Waals surface area (Å²) in [4.78, 5) is 7.08. The summed E-state index contributed by atoms with van der Waals surface area (Å²) >= 11 is 0. The van der Waals surface area contributed by atoms with Gasteiger partial charge in [0.15, 0.2) is 0 Å². The molecular formula is C17H22N2. The van der Waals surface area contributed by atoms with Crippen LogP contribution in [0.5, 0.6) is 0 Å². The Labute approximate surface area is 115 Å². The second kappa shape index (κ2) is 5.20. The molecule has 2 heteroatoms. The SMILES string of the molecule is CCC1CCN(c2cnc3ccc(C)cc3c2)CC1. The normalized spacial score (nSPS) is 17.1. The van der Waals surface area contributed by atoms with Crippen LogP contribution in [-0.2, 0) is 0 Å². The lowest BCUT2D eigenvalue weighted by Gasteiger charge is -2.33. The molecule has 100 valence electrons. The van der Waals surface area contributed by atoms with E-state index in [1.807, 2.05) is 6.20 Å². The fourth-order valence-electron chi connectivity index (χ4n) is 3.01. The maximum atomic E-state index is 4.59. The van der Waals surface area contributed by atoms with Gasteiger partial charge in [0.05, 0.1) is 17.4 Å². The summed E-state index contributed by atoms with van der Waals surface area (Å²) in [6.45, 7) is 6.80. The molecule has 0 spiro atoms. The number of aromatic nitrogens is 1. The fraction of sp³-hybridized carbons (Fsp3) is 0.471. The fourth-order valence-corrected chi connectivity index (χ4v) is 3.01. The number of piperidine rings is 1. The van der Waals surface area contributed by atoms with Gasteiger partial charge in [-0.05, 0) is 43.9 Å². The van der Waals surface area contributed by atoms with Gasteiger partial charge in [-0.1, -0.05) is 25.0 Å². The Kier molecular flexibility index (Phi) is 3.41. The van der Waals surface area contributed by atoms with Gasteiger partial charge in [-0.25, -0.2) is 0 Å². The van der Waals surface area contributed by atoms with Gasteiger partial charge in [-0.2, -0.15) is 0 Å². The number of nitrogens with zero attached hydrogens (tertiary/aromatic N) is 2. The number of rotatable bonds is 2. The van der Waals surface area contributed by atoms with Gasteiger partial charge < -0.3 is 4.90 Å². The molecule has 1 fully saturated rings. The van der Waals surface area contributed by atoms with Gasteiger partial charge in [0.25, 0.3) is 0 Å². The van der Waals surface area contributed by atoms with Gasteiger partial charge in [0.2, 0.25) is 0 Å². The highest BCUT2D eigenvalue weighted by Crippen LogP contribution is 2.26. The third kappa shape index (κ3) is 2.58. The molecule has 1 aliphatic rings. The molecule has 1 aromatic carbocycles. The number of hydrogen-bond acceptors (Lipinski definition) is 2. The lowest BCUT2D eigenvalue weighted by atomic mass is 9.94. The summed E-state index contributed by atoms with van der Waals surface area (Å²) in [6.07, 6.45) is 6.00. The lowest BCUT2D eigenvalue weighted by molar-refractivity contribution is 0.395. The second-order valence-corrected chi connectivity index (χ2v) is 5.73. The minimum atomic E-state index is 0.923. The molecule has 0 amide bonds. The van der Waals surface area contributed by atoms with E-state index in [0.717, 1.165) is 11.4 Å². The van der Waals surface area contributed by atoms with E-state index in [2.05, 4.69) is 48.0 Å². The lowest BCUT2D eigenvalue weighted by Crippen LogP contribution is -2.33. The molecule has 1 saturated heterocycles. The molecule has 0 aliphatic carbocycles. The number of fused-ring (bicyclic) bond motifs is 1. The first kappa shape index (κ1) is 12.5. The van der Waals surface area contributed by atoms with Crippen molar-refractivity contribution < 1.29 is 0 Å². The Hall–Kier alpha value is -1.57. The molecule has 1 aliphatic heterocycles. The smallest absolute Gasteiger partial charge is 0.0703 e. The summed E-state index contributed by atoms with van der Waals surface area (Å²) in [5.41, 5.74) is 3.68. The summed E-state index contributed by atoms with van der Waals surface area (Å²) in [6, 6.07) is 8.76.